The van der Waals surface area contributed by atoms with Crippen LogP contribution in [0.3, 0.4) is 0 Å². The van der Waals surface area contributed by atoms with Gasteiger partial charge < -0.3 is 10.6 Å². The molecule has 134 valence electrons. The summed E-state index contributed by atoms with van der Waals surface area (Å²) in [4.78, 5) is 24.2. The van der Waals surface area contributed by atoms with E-state index in [1.54, 1.807) is 18.2 Å². The number of amidine groups is 1. The van der Waals surface area contributed by atoms with Crippen molar-refractivity contribution in [3.05, 3.63) is 28.2 Å². The topological polar surface area (TPSA) is 82.9 Å². The van der Waals surface area contributed by atoms with E-state index >= 15 is 0 Å². The second-order valence-corrected chi connectivity index (χ2v) is 7.29. The summed E-state index contributed by atoms with van der Waals surface area (Å²) in [5.74, 6) is -0.592. The van der Waals surface area contributed by atoms with Crippen molar-refractivity contribution in [2.75, 3.05) is 5.32 Å². The summed E-state index contributed by atoms with van der Waals surface area (Å²) in [6, 6.07) is 4.78. The molecule has 1 heterocycles. The number of amides is 2. The van der Waals surface area contributed by atoms with Crippen LogP contribution in [0.25, 0.3) is 0 Å². The highest BCUT2D eigenvalue weighted by Crippen LogP contribution is 2.27. The number of hydrogen-bond acceptors (Lipinski definition) is 5. The van der Waals surface area contributed by atoms with E-state index in [1.165, 1.54) is 11.8 Å². The molecular formula is C16H18Cl2N4O2S. The highest BCUT2D eigenvalue weighted by Gasteiger charge is 2.32. The maximum absolute atomic E-state index is 12.2. The Labute approximate surface area is 160 Å². The normalized spacial score (nSPS) is 18.2. The van der Waals surface area contributed by atoms with Crippen LogP contribution in [0.5, 0.6) is 0 Å². The minimum Gasteiger partial charge on any atom is -0.325 e. The van der Waals surface area contributed by atoms with E-state index in [0.29, 0.717) is 20.9 Å². The van der Waals surface area contributed by atoms with Crippen LogP contribution < -0.4 is 10.6 Å². The Morgan fingerprint density at radius 3 is 2.72 bits per heavy atom. The van der Waals surface area contributed by atoms with Crippen LogP contribution in [-0.4, -0.2) is 27.9 Å². The minimum absolute atomic E-state index is 0.00348. The first-order valence-corrected chi connectivity index (χ1v) is 9.42. The summed E-state index contributed by atoms with van der Waals surface area (Å²) in [6.45, 7) is 3.99. The lowest BCUT2D eigenvalue weighted by atomic mass is 10.2. The molecule has 1 fully saturated rings. The lowest BCUT2D eigenvalue weighted by Gasteiger charge is -2.09. The molecule has 0 radical (unpaired) electrons. The number of benzene rings is 1. The van der Waals surface area contributed by atoms with Crippen molar-refractivity contribution in [1.82, 2.24) is 5.32 Å². The van der Waals surface area contributed by atoms with Gasteiger partial charge in [0.1, 0.15) is 5.25 Å². The lowest BCUT2D eigenvalue weighted by molar-refractivity contribution is -0.122. The van der Waals surface area contributed by atoms with E-state index in [-0.39, 0.29) is 18.2 Å². The maximum atomic E-state index is 12.2. The average molecular weight is 401 g/mol. The van der Waals surface area contributed by atoms with Crippen molar-refractivity contribution in [1.29, 1.82) is 0 Å². The molecule has 0 bridgehead atoms. The summed E-state index contributed by atoms with van der Waals surface area (Å²) < 4.78 is 0. The van der Waals surface area contributed by atoms with Crippen molar-refractivity contribution >= 4 is 63.3 Å². The molecule has 2 amide bonds. The molecule has 0 unspecified atom stereocenters. The Morgan fingerprint density at radius 1 is 1.32 bits per heavy atom. The fourth-order valence-electron chi connectivity index (χ4n) is 2.06. The zero-order valence-corrected chi connectivity index (χ0v) is 16.1. The fraction of sp³-hybridized carbons (Fsp3) is 0.375. The Hall–Kier alpha value is -1.57. The SMILES string of the molecule is CCC(CC)=N/N=C1\NC(=O)[C@@H](CC(=O)Nc2cc(Cl)ccc2Cl)S1. The summed E-state index contributed by atoms with van der Waals surface area (Å²) >= 11 is 13.1. The van der Waals surface area contributed by atoms with Crippen LogP contribution in [0.15, 0.2) is 28.4 Å². The molecule has 1 aliphatic rings. The van der Waals surface area contributed by atoms with E-state index in [0.717, 1.165) is 18.6 Å². The van der Waals surface area contributed by atoms with Crippen LogP contribution in [-0.2, 0) is 9.59 Å². The quantitative estimate of drug-likeness (QED) is 0.557. The van der Waals surface area contributed by atoms with E-state index in [2.05, 4.69) is 20.8 Å². The van der Waals surface area contributed by atoms with Gasteiger partial charge in [0, 0.05) is 17.2 Å². The Morgan fingerprint density at radius 2 is 2.04 bits per heavy atom. The third-order valence-corrected chi connectivity index (χ3v) is 5.09. The van der Waals surface area contributed by atoms with Crippen molar-refractivity contribution in [3.63, 3.8) is 0 Å². The van der Waals surface area contributed by atoms with Crippen LogP contribution >= 0.6 is 35.0 Å². The lowest BCUT2D eigenvalue weighted by Crippen LogP contribution is -2.28. The minimum atomic E-state index is -0.557. The highest BCUT2D eigenvalue weighted by molar-refractivity contribution is 8.15. The number of halogens is 2. The predicted octanol–water partition coefficient (Wildman–Crippen LogP) is 4.09. The second-order valence-electron chi connectivity index (χ2n) is 5.25. The van der Waals surface area contributed by atoms with Gasteiger partial charge in [0.2, 0.25) is 11.8 Å². The van der Waals surface area contributed by atoms with Crippen molar-refractivity contribution in [3.8, 4) is 0 Å². The number of carbonyl (C=O) groups is 2. The Bertz CT molecular complexity index is 731. The van der Waals surface area contributed by atoms with E-state index < -0.39 is 5.25 Å². The molecule has 0 aromatic heterocycles. The molecule has 1 aromatic rings. The molecule has 0 saturated carbocycles. The summed E-state index contributed by atoms with van der Waals surface area (Å²) in [6.07, 6.45) is 1.60. The van der Waals surface area contributed by atoms with Crippen molar-refractivity contribution in [2.24, 2.45) is 10.2 Å². The second kappa shape index (κ2) is 9.22. The first-order chi connectivity index (χ1) is 11.9. The van der Waals surface area contributed by atoms with E-state index in [9.17, 15) is 9.59 Å². The molecule has 1 atom stereocenters. The Kier molecular flexibility index (Phi) is 7.28. The fourth-order valence-corrected chi connectivity index (χ4v) is 3.31. The summed E-state index contributed by atoms with van der Waals surface area (Å²) in [5.41, 5.74) is 1.36. The van der Waals surface area contributed by atoms with Gasteiger partial charge in [-0.2, -0.15) is 5.10 Å². The maximum Gasteiger partial charge on any atom is 0.240 e. The highest BCUT2D eigenvalue weighted by atomic mass is 35.5. The van der Waals surface area contributed by atoms with Crippen LogP contribution in [0.4, 0.5) is 5.69 Å². The van der Waals surface area contributed by atoms with Gasteiger partial charge in [-0.3, -0.25) is 9.59 Å². The predicted molar refractivity (Wildman–Crippen MR) is 105 cm³/mol. The monoisotopic (exact) mass is 400 g/mol. The molecule has 2 N–H and O–H groups in total. The number of nitrogens with zero attached hydrogens (tertiary/aromatic N) is 2. The van der Waals surface area contributed by atoms with Crippen molar-refractivity contribution < 1.29 is 9.59 Å². The van der Waals surface area contributed by atoms with Gasteiger partial charge in [-0.05, 0) is 31.0 Å². The number of thioether (sulfide) groups is 1. The number of carbonyl (C=O) groups excluding carboxylic acids is 2. The first-order valence-electron chi connectivity index (χ1n) is 7.78. The zero-order chi connectivity index (χ0) is 18.4. The van der Waals surface area contributed by atoms with Gasteiger partial charge in [-0.25, -0.2) is 0 Å². The number of hydrogen-bond donors (Lipinski definition) is 2. The van der Waals surface area contributed by atoms with Gasteiger partial charge in [0.25, 0.3) is 0 Å². The Balaban J connectivity index is 1.97. The summed E-state index contributed by atoms with van der Waals surface area (Å²) in [7, 11) is 0. The summed E-state index contributed by atoms with van der Waals surface area (Å²) in [5, 5.41) is 14.2. The molecule has 0 aliphatic carbocycles. The number of nitrogens with one attached hydrogen (secondary N) is 2. The zero-order valence-electron chi connectivity index (χ0n) is 13.8. The molecule has 1 saturated heterocycles. The molecule has 1 aromatic carbocycles. The molecule has 6 nitrogen and oxygen atoms in total. The van der Waals surface area contributed by atoms with E-state index in [1.807, 2.05) is 13.8 Å². The average Bonchev–Trinajstić information content (AvgIpc) is 2.91. The smallest absolute Gasteiger partial charge is 0.240 e. The van der Waals surface area contributed by atoms with Gasteiger partial charge in [-0.1, -0.05) is 48.8 Å². The van der Waals surface area contributed by atoms with Crippen LogP contribution in [0.1, 0.15) is 33.1 Å². The molecule has 9 heteroatoms. The molecule has 0 spiro atoms. The largest absolute Gasteiger partial charge is 0.325 e. The van der Waals surface area contributed by atoms with Crippen LogP contribution in [0, 0.1) is 0 Å². The van der Waals surface area contributed by atoms with Gasteiger partial charge in [0.05, 0.1) is 10.7 Å². The first kappa shape index (κ1) is 19.8. The van der Waals surface area contributed by atoms with Crippen LogP contribution in [0.2, 0.25) is 10.0 Å². The number of anilines is 1. The molecular weight excluding hydrogens is 383 g/mol. The molecule has 1 aliphatic heterocycles. The molecule has 25 heavy (non-hydrogen) atoms. The van der Waals surface area contributed by atoms with Gasteiger partial charge in [0.15, 0.2) is 5.17 Å². The molecule has 2 rings (SSSR count). The number of rotatable bonds is 6. The standard InChI is InChI=1S/C16H18Cl2N4O2S/c1-3-10(4-2)21-22-16-20-15(24)13(25-16)8-14(23)19-12-7-9(17)5-6-11(12)18/h5-7,13H,3-4,8H2,1-2H3,(H,19,23)(H,20,22,24)/t13-/m1/s1. The third-order valence-electron chi connectivity index (χ3n) is 3.45. The van der Waals surface area contributed by atoms with Crippen molar-refractivity contribution in [2.45, 2.75) is 38.4 Å². The van der Waals surface area contributed by atoms with E-state index in [4.69, 9.17) is 23.2 Å². The van der Waals surface area contributed by atoms with Gasteiger partial charge in [-0.15, -0.1) is 5.10 Å². The third kappa shape index (κ3) is 5.73. The van der Waals surface area contributed by atoms with Gasteiger partial charge >= 0.3 is 0 Å².